The van der Waals surface area contributed by atoms with E-state index < -0.39 is 0 Å². The summed E-state index contributed by atoms with van der Waals surface area (Å²) < 4.78 is 0. The first kappa shape index (κ1) is 10.6. The van der Waals surface area contributed by atoms with Crippen molar-refractivity contribution >= 4 is 22.8 Å². The summed E-state index contributed by atoms with van der Waals surface area (Å²) in [5.41, 5.74) is 9.11. The number of rotatable bonds is 1. The number of hydrogen-bond acceptors (Lipinski definition) is 4. The molecule has 0 atom stereocenters. The lowest BCUT2D eigenvalue weighted by Gasteiger charge is -2.28. The van der Waals surface area contributed by atoms with E-state index in [0.29, 0.717) is 0 Å². The van der Waals surface area contributed by atoms with Crippen LogP contribution in [0.5, 0.6) is 0 Å². The van der Waals surface area contributed by atoms with Crippen LogP contribution in [0.15, 0.2) is 23.7 Å². The highest BCUT2D eigenvalue weighted by molar-refractivity contribution is 7.10. The second-order valence-electron chi connectivity index (χ2n) is 4.44. The normalized spacial score (nSPS) is 14.8. The van der Waals surface area contributed by atoms with E-state index in [1.165, 1.54) is 10.4 Å². The first-order chi connectivity index (χ1) is 8.24. The Bertz CT molecular complexity index is 547. The van der Waals surface area contributed by atoms with Crippen LogP contribution in [-0.2, 0) is 13.0 Å². The zero-order valence-electron chi connectivity index (χ0n) is 9.81. The summed E-state index contributed by atoms with van der Waals surface area (Å²) >= 11 is 1.86. The Morgan fingerprint density at radius 3 is 3.18 bits per heavy atom. The molecule has 88 valence electrons. The van der Waals surface area contributed by atoms with Crippen molar-refractivity contribution < 1.29 is 0 Å². The summed E-state index contributed by atoms with van der Waals surface area (Å²) in [6, 6.07) is 4.29. The molecule has 0 aliphatic carbocycles. The molecule has 4 heteroatoms. The van der Waals surface area contributed by atoms with Crippen molar-refractivity contribution in [1.29, 1.82) is 0 Å². The highest BCUT2D eigenvalue weighted by Gasteiger charge is 2.18. The van der Waals surface area contributed by atoms with Gasteiger partial charge in [-0.2, -0.15) is 0 Å². The van der Waals surface area contributed by atoms with E-state index in [9.17, 15) is 0 Å². The van der Waals surface area contributed by atoms with Crippen LogP contribution in [0.1, 0.15) is 16.0 Å². The van der Waals surface area contributed by atoms with Crippen molar-refractivity contribution in [3.63, 3.8) is 0 Å². The van der Waals surface area contributed by atoms with Crippen LogP contribution in [0.2, 0.25) is 0 Å². The van der Waals surface area contributed by atoms with Gasteiger partial charge in [-0.1, -0.05) is 0 Å². The zero-order chi connectivity index (χ0) is 11.8. The Kier molecular flexibility index (Phi) is 2.52. The summed E-state index contributed by atoms with van der Waals surface area (Å²) in [5, 5.41) is 2.18. The molecule has 3 rings (SSSR count). The predicted octanol–water partition coefficient (Wildman–Crippen LogP) is 2.60. The smallest absolute Gasteiger partial charge is 0.129 e. The molecule has 0 saturated heterocycles. The molecule has 2 aromatic rings. The Balaban J connectivity index is 1.89. The van der Waals surface area contributed by atoms with Crippen LogP contribution in [0, 0.1) is 6.92 Å². The third-order valence-corrected chi connectivity index (χ3v) is 4.29. The predicted molar refractivity (Wildman–Crippen MR) is 72.5 cm³/mol. The second kappa shape index (κ2) is 4.04. The van der Waals surface area contributed by atoms with Crippen LogP contribution in [-0.4, -0.2) is 11.5 Å². The SMILES string of the molecule is Cc1cc(N2CCc3sccc3C2)ncc1N. The fourth-order valence-corrected chi connectivity index (χ4v) is 3.06. The molecular weight excluding hydrogens is 230 g/mol. The molecule has 2 N–H and O–H groups in total. The lowest BCUT2D eigenvalue weighted by molar-refractivity contribution is 0.732. The van der Waals surface area contributed by atoms with Crippen molar-refractivity contribution in [2.24, 2.45) is 0 Å². The minimum Gasteiger partial charge on any atom is -0.397 e. The molecule has 0 fully saturated rings. The van der Waals surface area contributed by atoms with E-state index >= 15 is 0 Å². The summed E-state index contributed by atoms with van der Waals surface area (Å²) in [4.78, 5) is 8.27. The maximum atomic E-state index is 5.80. The average molecular weight is 245 g/mol. The van der Waals surface area contributed by atoms with Crippen LogP contribution in [0.3, 0.4) is 0 Å². The molecular formula is C13H15N3S. The Hall–Kier alpha value is -1.55. The van der Waals surface area contributed by atoms with Crippen LogP contribution in [0.25, 0.3) is 0 Å². The first-order valence-corrected chi connectivity index (χ1v) is 6.64. The van der Waals surface area contributed by atoms with E-state index in [4.69, 9.17) is 5.73 Å². The van der Waals surface area contributed by atoms with Crippen molar-refractivity contribution in [2.45, 2.75) is 19.9 Å². The third kappa shape index (κ3) is 1.89. The number of hydrogen-bond donors (Lipinski definition) is 1. The van der Waals surface area contributed by atoms with Gasteiger partial charge in [0.05, 0.1) is 11.9 Å². The van der Waals surface area contributed by atoms with Gasteiger partial charge in [-0.05, 0) is 42.0 Å². The number of fused-ring (bicyclic) bond motifs is 1. The number of thiophene rings is 1. The Morgan fingerprint density at radius 2 is 2.35 bits per heavy atom. The lowest BCUT2D eigenvalue weighted by atomic mass is 10.1. The maximum Gasteiger partial charge on any atom is 0.129 e. The monoisotopic (exact) mass is 245 g/mol. The van der Waals surface area contributed by atoms with Crippen molar-refractivity contribution in [3.8, 4) is 0 Å². The van der Waals surface area contributed by atoms with Gasteiger partial charge < -0.3 is 10.6 Å². The van der Waals surface area contributed by atoms with E-state index in [1.54, 1.807) is 6.20 Å². The molecule has 1 aliphatic rings. The molecule has 1 aliphatic heterocycles. The minimum absolute atomic E-state index is 0.766. The molecule has 0 aromatic carbocycles. The number of nitrogens with zero attached hydrogens (tertiary/aromatic N) is 2. The number of pyridine rings is 1. The van der Waals surface area contributed by atoms with E-state index in [1.807, 2.05) is 18.3 Å². The van der Waals surface area contributed by atoms with Gasteiger partial charge in [-0.15, -0.1) is 11.3 Å². The lowest BCUT2D eigenvalue weighted by Crippen LogP contribution is -2.30. The van der Waals surface area contributed by atoms with Gasteiger partial charge in [0, 0.05) is 18.0 Å². The fourth-order valence-electron chi connectivity index (χ4n) is 2.17. The standard InChI is InChI=1S/C13H15N3S/c1-9-6-13(15-7-11(9)14)16-4-2-12-10(8-16)3-5-17-12/h3,5-7H,2,4,8,14H2,1H3. The summed E-state index contributed by atoms with van der Waals surface area (Å²) in [5.74, 6) is 1.04. The fraction of sp³-hybridized carbons (Fsp3) is 0.308. The zero-order valence-corrected chi connectivity index (χ0v) is 10.6. The minimum atomic E-state index is 0.766. The molecule has 0 unspecified atom stereocenters. The Morgan fingerprint density at radius 1 is 1.47 bits per heavy atom. The number of aromatic nitrogens is 1. The van der Waals surface area contributed by atoms with Crippen molar-refractivity contribution in [3.05, 3.63) is 39.7 Å². The van der Waals surface area contributed by atoms with Gasteiger partial charge >= 0.3 is 0 Å². The molecule has 0 radical (unpaired) electrons. The Labute approximate surface area is 105 Å². The molecule has 3 heterocycles. The molecule has 0 saturated carbocycles. The average Bonchev–Trinajstić information content (AvgIpc) is 2.79. The van der Waals surface area contributed by atoms with E-state index in [0.717, 1.165) is 36.6 Å². The number of nitrogens with two attached hydrogens (primary N) is 1. The van der Waals surface area contributed by atoms with Gasteiger partial charge in [0.25, 0.3) is 0 Å². The van der Waals surface area contributed by atoms with Crippen molar-refractivity contribution in [1.82, 2.24) is 4.98 Å². The maximum absolute atomic E-state index is 5.80. The van der Waals surface area contributed by atoms with E-state index in [2.05, 4.69) is 27.4 Å². The highest BCUT2D eigenvalue weighted by Crippen LogP contribution is 2.27. The second-order valence-corrected chi connectivity index (χ2v) is 5.44. The van der Waals surface area contributed by atoms with Gasteiger partial charge in [0.15, 0.2) is 0 Å². The van der Waals surface area contributed by atoms with Crippen molar-refractivity contribution in [2.75, 3.05) is 17.2 Å². The van der Waals surface area contributed by atoms with E-state index in [-0.39, 0.29) is 0 Å². The van der Waals surface area contributed by atoms with Crippen LogP contribution in [0.4, 0.5) is 11.5 Å². The summed E-state index contributed by atoms with van der Waals surface area (Å²) in [6.45, 7) is 4.04. The number of nitrogen functional groups attached to an aromatic ring is 1. The topological polar surface area (TPSA) is 42.2 Å². The molecule has 3 nitrogen and oxygen atoms in total. The number of anilines is 2. The molecule has 17 heavy (non-hydrogen) atoms. The largest absolute Gasteiger partial charge is 0.397 e. The van der Waals surface area contributed by atoms with Crippen LogP contribution < -0.4 is 10.6 Å². The van der Waals surface area contributed by atoms with Crippen LogP contribution >= 0.6 is 11.3 Å². The quantitative estimate of drug-likeness (QED) is 0.839. The van der Waals surface area contributed by atoms with Gasteiger partial charge in [-0.25, -0.2) is 4.98 Å². The van der Waals surface area contributed by atoms with Gasteiger partial charge in [0.1, 0.15) is 5.82 Å². The number of aryl methyl sites for hydroxylation is 1. The molecule has 0 amide bonds. The molecule has 2 aromatic heterocycles. The summed E-state index contributed by atoms with van der Waals surface area (Å²) in [6.07, 6.45) is 2.88. The highest BCUT2D eigenvalue weighted by atomic mass is 32.1. The molecule has 0 spiro atoms. The third-order valence-electron chi connectivity index (χ3n) is 3.27. The first-order valence-electron chi connectivity index (χ1n) is 5.76. The van der Waals surface area contributed by atoms with Gasteiger partial charge in [0.2, 0.25) is 0 Å². The molecule has 0 bridgehead atoms. The summed E-state index contributed by atoms with van der Waals surface area (Å²) in [7, 11) is 0. The van der Waals surface area contributed by atoms with Gasteiger partial charge in [-0.3, -0.25) is 0 Å².